The fourth-order valence-electron chi connectivity index (χ4n) is 6.52. The van der Waals surface area contributed by atoms with E-state index in [0.717, 1.165) is 81.8 Å². The van der Waals surface area contributed by atoms with Gasteiger partial charge in [0.2, 0.25) is 0 Å². The third-order valence-electron chi connectivity index (χ3n) is 9.08. The fraction of sp³-hybridized carbons (Fsp3) is 0.459. The second-order valence-electron chi connectivity index (χ2n) is 11.6. The van der Waals surface area contributed by atoms with Crippen LogP contribution in [0.15, 0.2) is 71.8 Å². The largest absolute Gasteiger partial charge is 0.380 e. The fourth-order valence-corrected chi connectivity index (χ4v) is 6.52. The summed E-state index contributed by atoms with van der Waals surface area (Å²) in [7, 11) is 1.76. The van der Waals surface area contributed by atoms with Gasteiger partial charge in [0, 0.05) is 18.6 Å². The van der Waals surface area contributed by atoms with Gasteiger partial charge in [-0.05, 0) is 128 Å². The first-order chi connectivity index (χ1) is 19.4. The predicted octanol–water partition coefficient (Wildman–Crippen LogP) is 9.53. The van der Waals surface area contributed by atoms with Crippen molar-refractivity contribution in [2.75, 3.05) is 13.7 Å². The summed E-state index contributed by atoms with van der Waals surface area (Å²) in [5.74, 6) is 0.817. The quantitative estimate of drug-likeness (QED) is 0.262. The molecule has 2 unspecified atom stereocenters. The Morgan fingerprint density at radius 3 is 2.52 bits per heavy atom. The number of ether oxygens (including phenoxy) is 1. The summed E-state index contributed by atoms with van der Waals surface area (Å²) in [6.45, 7) is 9.52. The minimum Gasteiger partial charge on any atom is -0.380 e. The summed E-state index contributed by atoms with van der Waals surface area (Å²) < 4.78 is 5.43. The van der Waals surface area contributed by atoms with E-state index in [1.807, 2.05) is 12.1 Å². The molecule has 0 amide bonds. The van der Waals surface area contributed by atoms with Gasteiger partial charge in [-0.2, -0.15) is 5.26 Å². The number of hydrogen-bond acceptors (Lipinski definition) is 3. The molecule has 4 rings (SSSR count). The highest BCUT2D eigenvalue weighted by Gasteiger charge is 2.25. The number of rotatable bonds is 7. The maximum Gasteiger partial charge on any atom is 0.165 e. The first kappa shape index (κ1) is 29.8. The first-order valence-corrected chi connectivity index (χ1v) is 15.2. The first-order valence-electron chi connectivity index (χ1n) is 15.2. The zero-order valence-electron chi connectivity index (χ0n) is 24.7. The molecule has 210 valence electrons. The van der Waals surface area contributed by atoms with Crippen molar-refractivity contribution >= 4 is 11.4 Å². The smallest absolute Gasteiger partial charge is 0.165 e. The van der Waals surface area contributed by atoms with Crippen molar-refractivity contribution in [3.63, 3.8) is 0 Å². The molecule has 40 heavy (non-hydrogen) atoms. The zero-order valence-corrected chi connectivity index (χ0v) is 24.7. The molecule has 1 fully saturated rings. The van der Waals surface area contributed by atoms with Crippen molar-refractivity contribution < 1.29 is 9.53 Å². The standard InChI is InChI=1S/C37H45NO2/c1-5-30-19-22-34(23-36(30)35-12-8-9-29(25-40-4)14-13-26(2)27(35)3)37(39)33-11-7-6-10-31(20-21-33)32-17-15-28(24-38)16-18-32/h14-19,22-23,31,33H,2,5-13,20-21,25H2,1,3-4H3/b29-14-,35-27+. The minimum absolute atomic E-state index is 0.0629. The second kappa shape index (κ2) is 14.4. The summed E-state index contributed by atoms with van der Waals surface area (Å²) in [6.07, 6.45) is 13.4. The van der Waals surface area contributed by atoms with Crippen LogP contribution in [0, 0.1) is 17.2 Å². The van der Waals surface area contributed by atoms with Crippen LogP contribution in [-0.4, -0.2) is 19.5 Å². The molecule has 0 N–H and O–H groups in total. The highest BCUT2D eigenvalue weighted by atomic mass is 16.5. The van der Waals surface area contributed by atoms with E-state index in [4.69, 9.17) is 10.00 Å². The molecule has 1 saturated carbocycles. The Morgan fingerprint density at radius 2 is 1.80 bits per heavy atom. The Morgan fingerprint density at radius 1 is 1.02 bits per heavy atom. The summed E-state index contributed by atoms with van der Waals surface area (Å²) >= 11 is 0. The molecule has 2 aromatic rings. The molecule has 3 heteroatoms. The van der Waals surface area contributed by atoms with Crippen LogP contribution in [0.25, 0.3) is 5.57 Å². The number of carbonyl (C=O) groups excluding carboxylic acids is 1. The van der Waals surface area contributed by atoms with E-state index in [9.17, 15) is 4.79 Å². The molecule has 0 aliphatic heterocycles. The van der Waals surface area contributed by atoms with E-state index in [1.165, 1.54) is 33.4 Å². The van der Waals surface area contributed by atoms with E-state index in [1.54, 1.807) is 7.11 Å². The van der Waals surface area contributed by atoms with Crippen molar-refractivity contribution in [1.29, 1.82) is 5.26 Å². The average molecular weight is 536 g/mol. The predicted molar refractivity (Wildman–Crippen MR) is 165 cm³/mol. The highest BCUT2D eigenvalue weighted by molar-refractivity contribution is 5.99. The number of allylic oxidation sites excluding steroid dienone is 4. The molecule has 2 aromatic carbocycles. The van der Waals surface area contributed by atoms with Crippen LogP contribution in [0.5, 0.6) is 0 Å². The molecule has 3 nitrogen and oxygen atoms in total. The lowest BCUT2D eigenvalue weighted by Gasteiger charge is -2.25. The molecule has 0 spiro atoms. The normalized spacial score (nSPS) is 23.9. The molecular formula is C37H45NO2. The Kier molecular flexibility index (Phi) is 10.7. The molecule has 0 radical (unpaired) electrons. The Balaban J connectivity index is 1.56. The minimum atomic E-state index is 0.0629. The molecule has 0 heterocycles. The lowest BCUT2D eigenvalue weighted by Crippen LogP contribution is -2.18. The Hall–Kier alpha value is -3.22. The Labute approximate surface area is 241 Å². The van der Waals surface area contributed by atoms with Gasteiger partial charge in [0.05, 0.1) is 18.2 Å². The van der Waals surface area contributed by atoms with E-state index in [-0.39, 0.29) is 5.92 Å². The van der Waals surface area contributed by atoms with Gasteiger partial charge in [0.1, 0.15) is 0 Å². The molecule has 0 saturated heterocycles. The van der Waals surface area contributed by atoms with Gasteiger partial charge in [0.15, 0.2) is 5.78 Å². The number of carbonyl (C=O) groups is 1. The highest BCUT2D eigenvalue weighted by Crippen LogP contribution is 2.37. The van der Waals surface area contributed by atoms with Gasteiger partial charge >= 0.3 is 0 Å². The number of benzene rings is 2. The summed E-state index contributed by atoms with van der Waals surface area (Å²) in [5.41, 5.74) is 10.5. The van der Waals surface area contributed by atoms with Crippen molar-refractivity contribution in [3.05, 3.63) is 99.7 Å². The topological polar surface area (TPSA) is 50.1 Å². The van der Waals surface area contributed by atoms with Crippen molar-refractivity contribution in [2.45, 2.75) is 90.4 Å². The van der Waals surface area contributed by atoms with Crippen LogP contribution in [0.2, 0.25) is 0 Å². The summed E-state index contributed by atoms with van der Waals surface area (Å²) in [5, 5.41) is 9.16. The molecule has 0 bridgehead atoms. The van der Waals surface area contributed by atoms with Crippen LogP contribution in [0.1, 0.15) is 117 Å². The number of Topliss-reactive ketones (excluding diaryl/α,β-unsaturated/α-hetero) is 1. The van der Waals surface area contributed by atoms with Crippen molar-refractivity contribution in [2.24, 2.45) is 5.92 Å². The number of nitriles is 1. The van der Waals surface area contributed by atoms with Gasteiger partial charge in [-0.15, -0.1) is 0 Å². The number of ketones is 1. The number of nitrogens with zero attached hydrogens (tertiary/aromatic N) is 1. The maximum absolute atomic E-state index is 14.0. The van der Waals surface area contributed by atoms with E-state index < -0.39 is 0 Å². The van der Waals surface area contributed by atoms with E-state index in [0.29, 0.717) is 23.9 Å². The average Bonchev–Trinajstić information content (AvgIpc) is 3.03. The molecule has 0 aromatic heterocycles. The van der Waals surface area contributed by atoms with Crippen LogP contribution in [0.3, 0.4) is 0 Å². The van der Waals surface area contributed by atoms with Gasteiger partial charge in [-0.25, -0.2) is 0 Å². The lowest BCUT2D eigenvalue weighted by molar-refractivity contribution is 0.0896. The van der Waals surface area contributed by atoms with Crippen molar-refractivity contribution in [3.8, 4) is 6.07 Å². The van der Waals surface area contributed by atoms with E-state index >= 15 is 0 Å². The van der Waals surface area contributed by atoms with Gasteiger partial charge in [-0.3, -0.25) is 4.79 Å². The molecule has 2 atom stereocenters. The summed E-state index contributed by atoms with van der Waals surface area (Å²) in [4.78, 5) is 14.0. The van der Waals surface area contributed by atoms with E-state index in [2.05, 4.69) is 62.9 Å². The molecule has 2 aliphatic carbocycles. The monoisotopic (exact) mass is 535 g/mol. The molecule has 2 aliphatic rings. The van der Waals surface area contributed by atoms with Crippen LogP contribution in [0.4, 0.5) is 0 Å². The maximum atomic E-state index is 14.0. The molecular weight excluding hydrogens is 490 g/mol. The van der Waals surface area contributed by atoms with Gasteiger partial charge < -0.3 is 4.74 Å². The van der Waals surface area contributed by atoms with Crippen molar-refractivity contribution in [1.82, 2.24) is 0 Å². The van der Waals surface area contributed by atoms with Crippen LogP contribution >= 0.6 is 0 Å². The Bertz CT molecular complexity index is 1300. The third-order valence-corrected chi connectivity index (χ3v) is 9.08. The number of hydrogen-bond donors (Lipinski definition) is 0. The van der Waals surface area contributed by atoms with Crippen LogP contribution < -0.4 is 0 Å². The number of aryl methyl sites for hydroxylation is 1. The van der Waals surface area contributed by atoms with Gasteiger partial charge in [-0.1, -0.05) is 56.7 Å². The lowest BCUT2D eigenvalue weighted by atomic mass is 9.79. The number of methoxy groups -OCH3 is 1. The van der Waals surface area contributed by atoms with Gasteiger partial charge in [0.25, 0.3) is 0 Å². The summed E-state index contributed by atoms with van der Waals surface area (Å²) in [6, 6.07) is 16.7. The SMILES string of the molecule is C=C1C/C=C(\COC)CCC/C(c2cc(C(=O)C3CCCCC(c4ccc(C#N)cc4)CC3)ccc2CC)=C\1C. The third kappa shape index (κ3) is 7.29. The van der Waals surface area contributed by atoms with Crippen LogP contribution in [-0.2, 0) is 11.2 Å². The zero-order chi connectivity index (χ0) is 28.5. The second-order valence-corrected chi connectivity index (χ2v) is 11.6.